The number of halogens is 2. The molecule has 4 rings (SSSR count). The summed E-state index contributed by atoms with van der Waals surface area (Å²) in [5, 5.41) is 4.62. The van der Waals surface area contributed by atoms with Crippen molar-refractivity contribution in [2.45, 2.75) is 12.5 Å². The number of hydrazine groups is 1. The van der Waals surface area contributed by atoms with E-state index >= 15 is 0 Å². The first-order valence-electron chi connectivity index (χ1n) is 10.2. The number of hydrogen-bond acceptors (Lipinski definition) is 4. The molecule has 1 heterocycles. The summed E-state index contributed by atoms with van der Waals surface area (Å²) in [7, 11) is 0. The quantitative estimate of drug-likeness (QED) is 0.317. The maximum atomic E-state index is 13.4. The lowest BCUT2D eigenvalue weighted by Crippen LogP contribution is -2.49. The van der Waals surface area contributed by atoms with Crippen molar-refractivity contribution in [1.29, 1.82) is 0 Å². The van der Waals surface area contributed by atoms with Gasteiger partial charge in [-0.25, -0.2) is 5.01 Å². The molecule has 0 aliphatic carbocycles. The van der Waals surface area contributed by atoms with E-state index in [1.165, 1.54) is 9.91 Å². The monoisotopic (exact) mass is 604 g/mol. The first-order chi connectivity index (χ1) is 16.3. The number of rotatable bonds is 6. The van der Waals surface area contributed by atoms with Gasteiger partial charge in [-0.2, -0.15) is 0 Å². The molecule has 0 spiro atoms. The maximum absolute atomic E-state index is 13.4. The number of amides is 3. The van der Waals surface area contributed by atoms with Crippen LogP contribution in [0.25, 0.3) is 0 Å². The smallest absolute Gasteiger partial charge is 0.269 e. The van der Waals surface area contributed by atoms with Crippen molar-refractivity contribution in [2.75, 3.05) is 10.2 Å². The van der Waals surface area contributed by atoms with Crippen molar-refractivity contribution in [2.24, 2.45) is 0 Å². The maximum Gasteiger partial charge on any atom is 0.269 e. The van der Waals surface area contributed by atoms with E-state index in [1.807, 2.05) is 18.2 Å². The van der Waals surface area contributed by atoms with Gasteiger partial charge in [-0.15, -0.1) is 0 Å². The lowest BCUT2D eigenvalue weighted by Gasteiger charge is -2.24. The Morgan fingerprint density at radius 3 is 2.26 bits per heavy atom. The van der Waals surface area contributed by atoms with Crippen molar-refractivity contribution in [3.05, 3.63) is 93.0 Å². The molecule has 0 bridgehead atoms. The van der Waals surface area contributed by atoms with E-state index in [0.717, 1.165) is 3.57 Å². The summed E-state index contributed by atoms with van der Waals surface area (Å²) in [6.07, 6.45) is -0.213. The number of anilines is 2. The molecule has 7 nitrogen and oxygen atoms in total. The van der Waals surface area contributed by atoms with Gasteiger partial charge in [0.1, 0.15) is 6.04 Å². The van der Waals surface area contributed by atoms with Crippen LogP contribution in [0.2, 0.25) is 5.02 Å². The van der Waals surface area contributed by atoms with Gasteiger partial charge in [0.2, 0.25) is 11.0 Å². The number of para-hydroxylation sites is 1. The van der Waals surface area contributed by atoms with Gasteiger partial charge in [0.25, 0.3) is 11.8 Å². The minimum absolute atomic E-state index is 0.0746. The van der Waals surface area contributed by atoms with Gasteiger partial charge in [0.15, 0.2) is 0 Å². The second-order valence-electron chi connectivity index (χ2n) is 7.38. The van der Waals surface area contributed by atoms with Crippen LogP contribution in [-0.2, 0) is 9.59 Å². The van der Waals surface area contributed by atoms with E-state index in [-0.39, 0.29) is 17.4 Å². The molecule has 1 aliphatic heterocycles. The van der Waals surface area contributed by atoms with Gasteiger partial charge in [-0.05, 0) is 95.5 Å². The van der Waals surface area contributed by atoms with Crippen molar-refractivity contribution in [3.63, 3.8) is 0 Å². The molecule has 2 N–H and O–H groups in total. The Hall–Kier alpha value is -3.02. The van der Waals surface area contributed by atoms with Gasteiger partial charge >= 0.3 is 0 Å². The summed E-state index contributed by atoms with van der Waals surface area (Å²) < 4.78 is 1.03. The molecule has 10 heteroatoms. The summed E-state index contributed by atoms with van der Waals surface area (Å²) >= 11 is 13.6. The van der Waals surface area contributed by atoms with Crippen molar-refractivity contribution >= 4 is 80.6 Å². The lowest BCUT2D eigenvalue weighted by atomic mass is 10.1. The largest absolute Gasteiger partial charge is 0.326 e. The molecule has 1 fully saturated rings. The predicted molar refractivity (Wildman–Crippen MR) is 143 cm³/mol. The van der Waals surface area contributed by atoms with Gasteiger partial charge < -0.3 is 5.32 Å². The third-order valence-corrected chi connectivity index (χ3v) is 6.41. The highest BCUT2D eigenvalue weighted by molar-refractivity contribution is 14.1. The number of nitrogens with zero attached hydrogens (tertiary/aromatic N) is 2. The lowest BCUT2D eigenvalue weighted by molar-refractivity contribution is -0.124. The molecule has 1 atom stereocenters. The van der Waals surface area contributed by atoms with Crippen LogP contribution < -0.4 is 15.6 Å². The third kappa shape index (κ3) is 5.37. The fourth-order valence-corrected chi connectivity index (χ4v) is 4.26. The molecule has 3 aromatic rings. The van der Waals surface area contributed by atoms with E-state index in [1.54, 1.807) is 60.7 Å². The normalized spacial score (nSPS) is 15.4. The molecule has 3 amide bonds. The van der Waals surface area contributed by atoms with Crippen LogP contribution in [0, 0.1) is 3.57 Å². The molecule has 172 valence electrons. The van der Waals surface area contributed by atoms with E-state index in [4.69, 9.17) is 23.8 Å². The number of thiocarbonyl (C=S) groups is 1. The molecule has 1 unspecified atom stereocenters. The van der Waals surface area contributed by atoms with Crippen LogP contribution in [0.5, 0.6) is 0 Å². The number of carbonyl (C=O) groups excluding carboxylic acids is 3. The standard InChI is InChI=1S/C24H18ClIN4O3S/c25-16-8-6-15(7-9-16)22(32)28-30-20(14-21(31)27-18-12-10-17(26)11-13-18)23(33)29(24(30)34)19-4-2-1-3-5-19/h1-13,20H,14H2,(H,27,31)(H,28,32). The van der Waals surface area contributed by atoms with Crippen molar-refractivity contribution < 1.29 is 14.4 Å². The Labute approximate surface area is 220 Å². The van der Waals surface area contributed by atoms with E-state index < -0.39 is 17.9 Å². The van der Waals surface area contributed by atoms with Crippen LogP contribution >= 0.6 is 46.4 Å². The second-order valence-corrected chi connectivity index (χ2v) is 9.43. The SMILES string of the molecule is O=C(CC1C(=O)N(c2ccccc2)C(=S)N1NC(=O)c1ccc(Cl)cc1)Nc1ccc(I)cc1. The average Bonchev–Trinajstić information content (AvgIpc) is 3.05. The van der Waals surface area contributed by atoms with E-state index in [9.17, 15) is 14.4 Å². The van der Waals surface area contributed by atoms with Crippen LogP contribution in [0.15, 0.2) is 78.9 Å². The molecule has 34 heavy (non-hydrogen) atoms. The van der Waals surface area contributed by atoms with Crippen molar-refractivity contribution in [3.8, 4) is 0 Å². The minimum atomic E-state index is -1.02. The Morgan fingerprint density at radius 2 is 1.62 bits per heavy atom. The fourth-order valence-electron chi connectivity index (χ4n) is 3.41. The molecule has 0 aromatic heterocycles. The van der Waals surface area contributed by atoms with E-state index in [0.29, 0.717) is 22.0 Å². The Morgan fingerprint density at radius 1 is 0.971 bits per heavy atom. The number of hydrogen-bond donors (Lipinski definition) is 2. The molecule has 3 aromatic carbocycles. The Kier molecular flexibility index (Phi) is 7.44. The summed E-state index contributed by atoms with van der Waals surface area (Å²) in [5.41, 5.74) is 4.17. The average molecular weight is 605 g/mol. The Bertz CT molecular complexity index is 1240. The van der Waals surface area contributed by atoms with Crippen LogP contribution in [0.3, 0.4) is 0 Å². The predicted octanol–water partition coefficient (Wildman–Crippen LogP) is 4.62. The van der Waals surface area contributed by atoms with Gasteiger partial charge in [0.05, 0.1) is 12.1 Å². The first kappa shape index (κ1) is 24.1. The summed E-state index contributed by atoms with van der Waals surface area (Å²) in [6, 6.07) is 21.4. The van der Waals surface area contributed by atoms with Crippen molar-refractivity contribution in [1.82, 2.24) is 10.4 Å². The minimum Gasteiger partial charge on any atom is -0.326 e. The summed E-state index contributed by atoms with van der Waals surface area (Å²) in [5.74, 6) is -1.28. The molecular weight excluding hydrogens is 587 g/mol. The molecular formula is C24H18ClIN4O3S. The van der Waals surface area contributed by atoms with Crippen LogP contribution in [0.1, 0.15) is 16.8 Å². The van der Waals surface area contributed by atoms with Crippen LogP contribution in [-0.4, -0.2) is 33.9 Å². The summed E-state index contributed by atoms with van der Waals surface area (Å²) in [4.78, 5) is 40.4. The number of benzene rings is 3. The van der Waals surface area contributed by atoms with Gasteiger partial charge in [-0.1, -0.05) is 29.8 Å². The molecule has 0 saturated carbocycles. The number of nitrogens with one attached hydrogen (secondary N) is 2. The topological polar surface area (TPSA) is 81.8 Å². The van der Waals surface area contributed by atoms with Crippen LogP contribution in [0.4, 0.5) is 11.4 Å². The Balaban J connectivity index is 1.58. The highest BCUT2D eigenvalue weighted by Gasteiger charge is 2.45. The van der Waals surface area contributed by atoms with Gasteiger partial charge in [-0.3, -0.25) is 24.7 Å². The number of carbonyl (C=O) groups is 3. The fraction of sp³-hybridized carbons (Fsp3) is 0.0833. The highest BCUT2D eigenvalue weighted by atomic mass is 127. The molecule has 1 saturated heterocycles. The zero-order chi connectivity index (χ0) is 24.2. The van der Waals surface area contributed by atoms with Gasteiger partial charge in [0, 0.05) is 19.8 Å². The first-order valence-corrected chi connectivity index (χ1v) is 12.0. The second kappa shape index (κ2) is 10.5. The molecule has 0 radical (unpaired) electrons. The molecule has 1 aliphatic rings. The zero-order valence-electron chi connectivity index (χ0n) is 17.6. The third-order valence-electron chi connectivity index (χ3n) is 5.06. The van der Waals surface area contributed by atoms with E-state index in [2.05, 4.69) is 33.3 Å². The zero-order valence-corrected chi connectivity index (χ0v) is 21.3. The highest BCUT2D eigenvalue weighted by Crippen LogP contribution is 2.26. The summed E-state index contributed by atoms with van der Waals surface area (Å²) in [6.45, 7) is 0.